The maximum absolute atomic E-state index is 12.2. The first-order chi connectivity index (χ1) is 12.5. The second-order valence-corrected chi connectivity index (χ2v) is 5.85. The van der Waals surface area contributed by atoms with E-state index in [-0.39, 0.29) is 42.0 Å². The van der Waals surface area contributed by atoms with Crippen LogP contribution in [0.3, 0.4) is 0 Å². The van der Waals surface area contributed by atoms with Gasteiger partial charge in [-0.1, -0.05) is 12.1 Å². The maximum atomic E-state index is 12.2. The number of ether oxygens (including phenoxy) is 1. The number of hydrogen-bond donors (Lipinski definition) is 2. The van der Waals surface area contributed by atoms with Crippen LogP contribution in [0.2, 0.25) is 0 Å². The Morgan fingerprint density at radius 1 is 0.962 bits per heavy atom. The molecule has 0 aromatic heterocycles. The Bertz CT molecular complexity index is 841. The molecule has 1 aliphatic rings. The van der Waals surface area contributed by atoms with Gasteiger partial charge in [-0.05, 0) is 37.1 Å². The predicted molar refractivity (Wildman–Crippen MR) is 91.1 cm³/mol. The van der Waals surface area contributed by atoms with Gasteiger partial charge >= 0.3 is 5.97 Å². The molecule has 26 heavy (non-hydrogen) atoms. The average molecular weight is 355 g/mol. The van der Waals surface area contributed by atoms with Crippen LogP contribution in [0.5, 0.6) is 11.5 Å². The van der Waals surface area contributed by atoms with Gasteiger partial charge in [0.15, 0.2) is 0 Å². The summed E-state index contributed by atoms with van der Waals surface area (Å²) in [5, 5.41) is 18.8. The molecular weight excluding hydrogens is 338 g/mol. The van der Waals surface area contributed by atoms with E-state index >= 15 is 0 Å². The summed E-state index contributed by atoms with van der Waals surface area (Å²) >= 11 is 0. The number of phenols is 2. The van der Waals surface area contributed by atoms with Gasteiger partial charge in [0.25, 0.3) is 11.8 Å². The molecule has 0 fully saturated rings. The number of amides is 2. The molecule has 0 unspecified atom stereocenters. The van der Waals surface area contributed by atoms with Gasteiger partial charge in [-0.2, -0.15) is 0 Å². The Kier molecular flexibility index (Phi) is 4.88. The van der Waals surface area contributed by atoms with E-state index in [1.165, 1.54) is 17.0 Å². The lowest BCUT2D eigenvalue weighted by molar-refractivity contribution is 0.0482. The molecule has 0 bridgehead atoms. The second-order valence-electron chi connectivity index (χ2n) is 5.85. The van der Waals surface area contributed by atoms with Gasteiger partial charge in [0.05, 0.1) is 17.7 Å². The number of esters is 1. The Morgan fingerprint density at radius 3 is 2.23 bits per heavy atom. The molecule has 7 heteroatoms. The molecule has 2 aromatic carbocycles. The summed E-state index contributed by atoms with van der Waals surface area (Å²) in [7, 11) is 0. The predicted octanol–water partition coefficient (Wildman–Crippen LogP) is 2.33. The summed E-state index contributed by atoms with van der Waals surface area (Å²) in [6, 6.07) is 10.3. The molecule has 3 rings (SSSR count). The number of rotatable bonds is 6. The van der Waals surface area contributed by atoms with Crippen LogP contribution in [0, 0.1) is 0 Å². The summed E-state index contributed by atoms with van der Waals surface area (Å²) < 4.78 is 5.06. The van der Waals surface area contributed by atoms with Crippen molar-refractivity contribution in [2.45, 2.75) is 12.8 Å². The quantitative estimate of drug-likeness (QED) is 0.468. The maximum Gasteiger partial charge on any atom is 0.341 e. The monoisotopic (exact) mass is 355 g/mol. The van der Waals surface area contributed by atoms with E-state index in [2.05, 4.69) is 0 Å². The molecule has 134 valence electrons. The van der Waals surface area contributed by atoms with Crippen LogP contribution in [-0.4, -0.2) is 46.0 Å². The number of aromatic hydroxyl groups is 2. The van der Waals surface area contributed by atoms with Crippen LogP contribution in [-0.2, 0) is 4.74 Å². The van der Waals surface area contributed by atoms with Crippen LogP contribution >= 0.6 is 0 Å². The number of unbranched alkanes of at least 4 members (excludes halogenated alkanes) is 1. The number of fused-ring (bicyclic) bond motifs is 1. The van der Waals surface area contributed by atoms with Crippen LogP contribution in [0.15, 0.2) is 42.5 Å². The van der Waals surface area contributed by atoms with Crippen molar-refractivity contribution in [2.24, 2.45) is 0 Å². The molecule has 0 saturated heterocycles. The highest BCUT2D eigenvalue weighted by Crippen LogP contribution is 2.24. The number of benzene rings is 2. The normalized spacial score (nSPS) is 13.0. The van der Waals surface area contributed by atoms with Gasteiger partial charge in [-0.25, -0.2) is 4.79 Å². The van der Waals surface area contributed by atoms with E-state index in [9.17, 15) is 24.6 Å². The van der Waals surface area contributed by atoms with Gasteiger partial charge in [-0.3, -0.25) is 14.5 Å². The number of nitrogens with zero attached hydrogens (tertiary/aromatic N) is 1. The molecule has 2 N–H and O–H groups in total. The van der Waals surface area contributed by atoms with Crippen molar-refractivity contribution in [2.75, 3.05) is 13.2 Å². The van der Waals surface area contributed by atoms with E-state index in [0.29, 0.717) is 24.0 Å². The van der Waals surface area contributed by atoms with Gasteiger partial charge in [0.1, 0.15) is 17.1 Å². The van der Waals surface area contributed by atoms with Crippen LogP contribution in [0.4, 0.5) is 0 Å². The summed E-state index contributed by atoms with van der Waals surface area (Å²) in [6.07, 6.45) is 0.943. The molecule has 0 radical (unpaired) electrons. The largest absolute Gasteiger partial charge is 0.508 e. The topological polar surface area (TPSA) is 104 Å². The highest BCUT2D eigenvalue weighted by atomic mass is 16.5. The summed E-state index contributed by atoms with van der Waals surface area (Å²) in [5.41, 5.74) is 0.779. The second kappa shape index (κ2) is 7.26. The van der Waals surface area contributed by atoms with Gasteiger partial charge in [-0.15, -0.1) is 0 Å². The molecule has 1 heterocycles. The molecule has 2 amide bonds. The van der Waals surface area contributed by atoms with Crippen molar-refractivity contribution in [1.82, 2.24) is 4.90 Å². The summed E-state index contributed by atoms with van der Waals surface area (Å²) in [5.74, 6) is -1.84. The van der Waals surface area contributed by atoms with E-state index in [0.717, 1.165) is 6.07 Å². The third kappa shape index (κ3) is 3.37. The van der Waals surface area contributed by atoms with E-state index < -0.39 is 5.97 Å². The van der Waals surface area contributed by atoms with Crippen molar-refractivity contribution in [3.8, 4) is 11.5 Å². The number of imide groups is 1. The zero-order chi connectivity index (χ0) is 18.7. The average Bonchev–Trinajstić information content (AvgIpc) is 2.86. The fourth-order valence-electron chi connectivity index (χ4n) is 2.75. The fraction of sp³-hybridized carbons (Fsp3) is 0.211. The fourth-order valence-corrected chi connectivity index (χ4v) is 2.75. The minimum absolute atomic E-state index is 0.0388. The molecule has 7 nitrogen and oxygen atoms in total. The first-order valence-corrected chi connectivity index (χ1v) is 8.13. The first-order valence-electron chi connectivity index (χ1n) is 8.13. The Labute approximate surface area is 149 Å². The zero-order valence-electron chi connectivity index (χ0n) is 13.8. The van der Waals surface area contributed by atoms with E-state index in [1.807, 2.05) is 0 Å². The van der Waals surface area contributed by atoms with Crippen molar-refractivity contribution in [3.05, 3.63) is 59.2 Å². The summed E-state index contributed by atoms with van der Waals surface area (Å²) in [4.78, 5) is 37.5. The minimum atomic E-state index is -0.705. The molecule has 0 atom stereocenters. The van der Waals surface area contributed by atoms with Crippen LogP contribution < -0.4 is 0 Å². The minimum Gasteiger partial charge on any atom is -0.508 e. The van der Waals surface area contributed by atoms with Crippen LogP contribution in [0.25, 0.3) is 0 Å². The highest BCUT2D eigenvalue weighted by Gasteiger charge is 2.34. The van der Waals surface area contributed by atoms with Crippen LogP contribution in [0.1, 0.15) is 43.9 Å². The third-order valence-electron chi connectivity index (χ3n) is 4.09. The van der Waals surface area contributed by atoms with Crippen molar-refractivity contribution < 1.29 is 29.3 Å². The number of carbonyl (C=O) groups excluding carboxylic acids is 3. The standard InChI is InChI=1S/C19H17NO6/c21-12-7-8-15(16(22)11-12)19(25)26-10-4-3-9-20-17(23)13-5-1-2-6-14(13)18(20)24/h1-2,5-8,11,21-22H,3-4,9-10H2. The van der Waals surface area contributed by atoms with Gasteiger partial charge in [0.2, 0.25) is 0 Å². The third-order valence-corrected chi connectivity index (χ3v) is 4.09. The van der Waals surface area contributed by atoms with E-state index in [1.54, 1.807) is 24.3 Å². The SMILES string of the molecule is O=C(OCCCCN1C(=O)c2ccccc2C1=O)c1ccc(O)cc1O. The Balaban J connectivity index is 1.46. The molecule has 0 spiro atoms. The lowest BCUT2D eigenvalue weighted by atomic mass is 10.1. The molecule has 1 aliphatic heterocycles. The first kappa shape index (κ1) is 17.5. The lowest BCUT2D eigenvalue weighted by Crippen LogP contribution is -2.30. The van der Waals surface area contributed by atoms with Crippen molar-refractivity contribution in [1.29, 1.82) is 0 Å². The van der Waals surface area contributed by atoms with Gasteiger partial charge in [0, 0.05) is 12.6 Å². The van der Waals surface area contributed by atoms with Crippen molar-refractivity contribution in [3.63, 3.8) is 0 Å². The Morgan fingerprint density at radius 2 is 1.62 bits per heavy atom. The Hall–Kier alpha value is -3.35. The smallest absolute Gasteiger partial charge is 0.341 e. The van der Waals surface area contributed by atoms with Gasteiger partial charge < -0.3 is 14.9 Å². The lowest BCUT2D eigenvalue weighted by Gasteiger charge is -2.13. The molecular formula is C19H17NO6. The van der Waals surface area contributed by atoms with E-state index in [4.69, 9.17) is 4.74 Å². The molecule has 0 saturated carbocycles. The molecule has 2 aromatic rings. The zero-order valence-corrected chi connectivity index (χ0v) is 13.8. The number of hydrogen-bond acceptors (Lipinski definition) is 6. The van der Waals surface area contributed by atoms with Crippen molar-refractivity contribution >= 4 is 17.8 Å². The molecule has 0 aliphatic carbocycles. The summed E-state index contributed by atoms with van der Waals surface area (Å²) in [6.45, 7) is 0.330. The number of phenolic OH excluding ortho intramolecular Hbond substituents is 2. The highest BCUT2D eigenvalue weighted by molar-refractivity contribution is 6.21. The number of carbonyl (C=O) groups is 3.